The van der Waals surface area contributed by atoms with Gasteiger partial charge in [-0.2, -0.15) is 0 Å². The second-order valence-corrected chi connectivity index (χ2v) is 6.25. The van der Waals surface area contributed by atoms with Crippen molar-refractivity contribution < 1.29 is 14.3 Å². The van der Waals surface area contributed by atoms with E-state index in [1.54, 1.807) is 0 Å². The zero-order valence-electron chi connectivity index (χ0n) is 15.2. The Morgan fingerprint density at radius 2 is 1.68 bits per heavy atom. The average Bonchev–Trinajstić information content (AvgIpc) is 2.63. The molecule has 2 unspecified atom stereocenters. The highest BCUT2D eigenvalue weighted by molar-refractivity contribution is 5.81. The largest absolute Gasteiger partial charge is 0.467 e. The molecule has 0 N–H and O–H groups in total. The number of anilines is 1. The second-order valence-electron chi connectivity index (χ2n) is 6.25. The van der Waals surface area contributed by atoms with Crippen LogP contribution in [0, 0.1) is 13.8 Å². The summed E-state index contributed by atoms with van der Waals surface area (Å²) in [5.74, 6) is -0.646. The van der Waals surface area contributed by atoms with Crippen LogP contribution < -0.4 is 4.90 Å². The third kappa shape index (κ3) is 4.27. The van der Waals surface area contributed by atoms with E-state index in [0.29, 0.717) is 6.54 Å². The first-order valence-electron chi connectivity index (χ1n) is 8.40. The molecule has 25 heavy (non-hydrogen) atoms. The van der Waals surface area contributed by atoms with Gasteiger partial charge in [-0.25, -0.2) is 4.79 Å². The first kappa shape index (κ1) is 18.7. The topological polar surface area (TPSA) is 46.6 Å². The molecule has 0 bridgehead atoms. The van der Waals surface area contributed by atoms with Crippen molar-refractivity contribution in [2.45, 2.75) is 32.7 Å². The summed E-state index contributed by atoms with van der Waals surface area (Å²) in [4.78, 5) is 25.9. The fourth-order valence-electron chi connectivity index (χ4n) is 3.14. The van der Waals surface area contributed by atoms with Gasteiger partial charge in [-0.1, -0.05) is 48.5 Å². The predicted octanol–water partition coefficient (Wildman–Crippen LogP) is 3.65. The number of methoxy groups -OCH3 is 1. The van der Waals surface area contributed by atoms with Crippen molar-refractivity contribution in [1.29, 1.82) is 0 Å². The Labute approximate surface area is 149 Å². The molecule has 0 amide bonds. The van der Waals surface area contributed by atoms with E-state index in [1.807, 2.05) is 74.2 Å². The molecule has 4 heteroatoms. The minimum Gasteiger partial charge on any atom is -0.467 e. The van der Waals surface area contributed by atoms with E-state index in [1.165, 1.54) is 7.11 Å². The molecular formula is C21H25NO3. The zero-order valence-corrected chi connectivity index (χ0v) is 15.2. The lowest BCUT2D eigenvalue weighted by Gasteiger charge is -2.34. The molecule has 2 aromatic rings. The summed E-state index contributed by atoms with van der Waals surface area (Å²) in [5, 5.41) is 0. The molecule has 0 saturated carbocycles. The quantitative estimate of drug-likeness (QED) is 0.570. The molecule has 0 aliphatic carbocycles. The maximum absolute atomic E-state index is 12.2. The van der Waals surface area contributed by atoms with Gasteiger partial charge in [0.2, 0.25) is 0 Å². The van der Waals surface area contributed by atoms with Crippen molar-refractivity contribution in [2.24, 2.45) is 0 Å². The Morgan fingerprint density at radius 1 is 1.08 bits per heavy atom. The van der Waals surface area contributed by atoms with E-state index in [4.69, 9.17) is 4.74 Å². The number of esters is 1. The standard InChI is InChI=1S/C21H25NO3/c1-15-9-8-10-16(2)20(15)22(17(3)21(24)25-4)13-19(14-23)18-11-6-5-7-12-18/h5-12,14,17,19H,13H2,1-4H3. The molecule has 0 fully saturated rings. The summed E-state index contributed by atoms with van der Waals surface area (Å²) < 4.78 is 4.95. The van der Waals surface area contributed by atoms with Gasteiger partial charge in [0.15, 0.2) is 0 Å². The van der Waals surface area contributed by atoms with E-state index in [-0.39, 0.29) is 11.9 Å². The van der Waals surface area contributed by atoms with Crippen LogP contribution in [0.2, 0.25) is 0 Å². The molecule has 132 valence electrons. The molecule has 2 atom stereocenters. The highest BCUT2D eigenvalue weighted by atomic mass is 16.5. The number of para-hydroxylation sites is 1. The number of ether oxygens (including phenoxy) is 1. The van der Waals surface area contributed by atoms with Gasteiger partial charge in [0.25, 0.3) is 0 Å². The van der Waals surface area contributed by atoms with E-state index in [0.717, 1.165) is 28.7 Å². The lowest BCUT2D eigenvalue weighted by molar-refractivity contribution is -0.141. The fraction of sp³-hybridized carbons (Fsp3) is 0.333. The van der Waals surface area contributed by atoms with Crippen molar-refractivity contribution in [3.8, 4) is 0 Å². The minimum absolute atomic E-state index is 0.319. The van der Waals surface area contributed by atoms with Gasteiger partial charge in [-0.3, -0.25) is 0 Å². The average molecular weight is 339 g/mol. The molecule has 0 aromatic heterocycles. The van der Waals surface area contributed by atoms with E-state index in [2.05, 4.69) is 0 Å². The summed E-state index contributed by atoms with van der Waals surface area (Å²) in [5.41, 5.74) is 4.04. The van der Waals surface area contributed by atoms with Crippen LogP contribution in [0.15, 0.2) is 48.5 Å². The van der Waals surface area contributed by atoms with Crippen molar-refractivity contribution in [3.63, 3.8) is 0 Å². The number of carbonyl (C=O) groups excluding carboxylic acids is 2. The summed E-state index contributed by atoms with van der Waals surface area (Å²) >= 11 is 0. The number of hydrogen-bond acceptors (Lipinski definition) is 4. The van der Waals surface area contributed by atoms with Crippen LogP contribution in [-0.4, -0.2) is 32.0 Å². The van der Waals surface area contributed by atoms with Crippen molar-refractivity contribution in [2.75, 3.05) is 18.6 Å². The molecular weight excluding hydrogens is 314 g/mol. The normalized spacial score (nSPS) is 13.0. The fourth-order valence-corrected chi connectivity index (χ4v) is 3.14. The van der Waals surface area contributed by atoms with E-state index in [9.17, 15) is 9.59 Å². The second kappa shape index (κ2) is 8.47. The van der Waals surface area contributed by atoms with Crippen molar-refractivity contribution >= 4 is 17.9 Å². The van der Waals surface area contributed by atoms with Crippen LogP contribution in [0.25, 0.3) is 0 Å². The molecule has 0 aliphatic rings. The number of carbonyl (C=O) groups is 2. The van der Waals surface area contributed by atoms with Gasteiger partial charge in [-0.05, 0) is 37.5 Å². The molecule has 0 spiro atoms. The predicted molar refractivity (Wildman–Crippen MR) is 100.0 cm³/mol. The van der Waals surface area contributed by atoms with E-state index < -0.39 is 6.04 Å². The molecule has 0 aliphatic heterocycles. The smallest absolute Gasteiger partial charge is 0.328 e. The summed E-state index contributed by atoms with van der Waals surface area (Å²) in [6.07, 6.45) is 0.944. The number of nitrogens with zero attached hydrogens (tertiary/aromatic N) is 1. The number of benzene rings is 2. The minimum atomic E-state index is -0.490. The van der Waals surface area contributed by atoms with Gasteiger partial charge in [0.1, 0.15) is 12.3 Å². The highest BCUT2D eigenvalue weighted by Crippen LogP contribution is 2.29. The van der Waals surface area contributed by atoms with Gasteiger partial charge in [-0.15, -0.1) is 0 Å². The van der Waals surface area contributed by atoms with Crippen LogP contribution in [0.4, 0.5) is 5.69 Å². The number of rotatable bonds is 7. The summed E-state index contributed by atoms with van der Waals surface area (Å²) in [7, 11) is 1.39. The lowest BCUT2D eigenvalue weighted by Crippen LogP contribution is -2.43. The molecule has 0 heterocycles. The van der Waals surface area contributed by atoms with Gasteiger partial charge in [0, 0.05) is 12.2 Å². The Hall–Kier alpha value is -2.62. The van der Waals surface area contributed by atoms with Crippen LogP contribution in [0.1, 0.15) is 29.5 Å². The molecule has 2 aromatic carbocycles. The molecule has 4 nitrogen and oxygen atoms in total. The number of hydrogen-bond donors (Lipinski definition) is 0. The summed E-state index contributed by atoms with van der Waals surface area (Å²) in [6.45, 7) is 6.25. The highest BCUT2D eigenvalue weighted by Gasteiger charge is 2.27. The Balaban J connectivity index is 2.44. The number of aryl methyl sites for hydroxylation is 2. The maximum atomic E-state index is 12.2. The molecule has 2 rings (SSSR count). The number of aldehydes is 1. The SMILES string of the molecule is COC(=O)C(C)N(CC(C=O)c1ccccc1)c1c(C)cccc1C. The first-order chi connectivity index (χ1) is 12.0. The monoisotopic (exact) mass is 339 g/mol. The lowest BCUT2D eigenvalue weighted by atomic mass is 9.97. The Morgan fingerprint density at radius 3 is 2.20 bits per heavy atom. The van der Waals surface area contributed by atoms with Crippen LogP contribution in [0.3, 0.4) is 0 Å². The van der Waals surface area contributed by atoms with E-state index >= 15 is 0 Å². The first-order valence-corrected chi connectivity index (χ1v) is 8.40. The van der Waals surface area contributed by atoms with Crippen molar-refractivity contribution in [1.82, 2.24) is 0 Å². The van der Waals surface area contributed by atoms with Crippen LogP contribution >= 0.6 is 0 Å². The third-order valence-corrected chi connectivity index (χ3v) is 4.52. The zero-order chi connectivity index (χ0) is 18.4. The molecule has 0 saturated heterocycles. The Kier molecular flexibility index (Phi) is 6.34. The van der Waals surface area contributed by atoms with Gasteiger partial charge >= 0.3 is 5.97 Å². The molecule has 0 radical (unpaired) electrons. The van der Waals surface area contributed by atoms with Crippen LogP contribution in [0.5, 0.6) is 0 Å². The van der Waals surface area contributed by atoms with Crippen LogP contribution in [-0.2, 0) is 14.3 Å². The Bertz CT molecular complexity index is 707. The maximum Gasteiger partial charge on any atom is 0.328 e. The summed E-state index contributed by atoms with van der Waals surface area (Å²) in [6, 6.07) is 15.1. The van der Waals surface area contributed by atoms with Crippen molar-refractivity contribution in [3.05, 3.63) is 65.2 Å². The van der Waals surface area contributed by atoms with Gasteiger partial charge < -0.3 is 14.4 Å². The van der Waals surface area contributed by atoms with Gasteiger partial charge in [0.05, 0.1) is 13.0 Å². The third-order valence-electron chi connectivity index (χ3n) is 4.52.